The number of benzene rings is 3. The van der Waals surface area contributed by atoms with Crippen molar-refractivity contribution in [3.63, 3.8) is 0 Å². The van der Waals surface area contributed by atoms with Crippen LogP contribution in [0.3, 0.4) is 0 Å². The normalized spacial score (nSPS) is 10.8. The summed E-state index contributed by atoms with van der Waals surface area (Å²) in [6.07, 6.45) is 1.51. The van der Waals surface area contributed by atoms with Crippen LogP contribution < -0.4 is 24.4 Å². The minimum absolute atomic E-state index is 0.0729. The topological polar surface area (TPSA) is 109 Å². The Balaban J connectivity index is 1.53. The molecule has 1 heterocycles. The van der Waals surface area contributed by atoms with Gasteiger partial charge in [-0.25, -0.2) is 5.43 Å². The minimum Gasteiger partial charge on any atom is -0.497 e. The lowest BCUT2D eigenvalue weighted by Gasteiger charge is -2.12. The number of aromatic nitrogens is 3. The molecule has 0 aliphatic rings. The van der Waals surface area contributed by atoms with Crippen molar-refractivity contribution in [3.05, 3.63) is 72.3 Å². The number of methoxy groups -OCH3 is 4. The Morgan fingerprint density at radius 3 is 2.34 bits per heavy atom. The zero-order chi connectivity index (χ0) is 26.9. The van der Waals surface area contributed by atoms with Crippen LogP contribution in [0.1, 0.15) is 5.56 Å². The van der Waals surface area contributed by atoms with Crippen molar-refractivity contribution in [1.82, 2.24) is 20.2 Å². The van der Waals surface area contributed by atoms with Gasteiger partial charge in [0.1, 0.15) is 11.5 Å². The standard InChI is InChI=1S/C27H27N5O5S/c1-34-21-11-13-22(35-2)19(14-21)16-28-29-25(33)17-38-27-31-30-26(32(27)20-8-6-5-7-9-20)18-10-12-23(36-3)24(15-18)37-4/h5-16H,17H2,1-4H3,(H,29,33)/b28-16-. The van der Waals surface area contributed by atoms with E-state index in [0.29, 0.717) is 39.5 Å². The first kappa shape index (κ1) is 26.6. The number of hydrogen-bond acceptors (Lipinski definition) is 9. The number of rotatable bonds is 11. The smallest absolute Gasteiger partial charge is 0.250 e. The van der Waals surface area contributed by atoms with Crippen LogP contribution in [0, 0.1) is 0 Å². The third-order valence-corrected chi connectivity index (χ3v) is 6.38. The van der Waals surface area contributed by atoms with Gasteiger partial charge in [0, 0.05) is 16.8 Å². The first-order chi connectivity index (χ1) is 18.6. The lowest BCUT2D eigenvalue weighted by atomic mass is 10.2. The molecule has 1 N–H and O–H groups in total. The van der Waals surface area contributed by atoms with E-state index in [9.17, 15) is 4.79 Å². The fraction of sp³-hybridized carbons (Fsp3) is 0.185. The van der Waals surface area contributed by atoms with Gasteiger partial charge in [-0.05, 0) is 48.5 Å². The predicted molar refractivity (Wildman–Crippen MR) is 146 cm³/mol. The van der Waals surface area contributed by atoms with Crippen molar-refractivity contribution < 1.29 is 23.7 Å². The molecule has 1 aromatic heterocycles. The zero-order valence-electron chi connectivity index (χ0n) is 21.4. The Kier molecular flexibility index (Phi) is 8.83. The van der Waals surface area contributed by atoms with Crippen molar-refractivity contribution in [2.24, 2.45) is 5.10 Å². The number of thioether (sulfide) groups is 1. The quantitative estimate of drug-likeness (QED) is 0.174. The van der Waals surface area contributed by atoms with Crippen LogP contribution in [0.15, 0.2) is 77.0 Å². The van der Waals surface area contributed by atoms with Gasteiger partial charge in [0.15, 0.2) is 22.5 Å². The first-order valence-electron chi connectivity index (χ1n) is 11.5. The van der Waals surface area contributed by atoms with Crippen LogP contribution >= 0.6 is 11.8 Å². The van der Waals surface area contributed by atoms with Crippen LogP contribution in [0.5, 0.6) is 23.0 Å². The number of ether oxygens (including phenoxy) is 4. The highest BCUT2D eigenvalue weighted by Crippen LogP contribution is 2.34. The fourth-order valence-corrected chi connectivity index (χ4v) is 4.36. The number of amides is 1. The van der Waals surface area contributed by atoms with Gasteiger partial charge in [-0.15, -0.1) is 10.2 Å². The summed E-state index contributed by atoms with van der Waals surface area (Å²) >= 11 is 1.25. The van der Waals surface area contributed by atoms with Gasteiger partial charge in [0.05, 0.1) is 40.4 Å². The van der Waals surface area contributed by atoms with E-state index in [4.69, 9.17) is 18.9 Å². The van der Waals surface area contributed by atoms with E-state index in [-0.39, 0.29) is 11.7 Å². The number of carbonyl (C=O) groups is 1. The Labute approximate surface area is 224 Å². The minimum atomic E-state index is -0.302. The summed E-state index contributed by atoms with van der Waals surface area (Å²) < 4.78 is 23.3. The molecule has 0 radical (unpaired) electrons. The second kappa shape index (κ2) is 12.6. The van der Waals surface area contributed by atoms with Crippen molar-refractivity contribution >= 4 is 23.9 Å². The van der Waals surface area contributed by atoms with Gasteiger partial charge in [-0.1, -0.05) is 30.0 Å². The van der Waals surface area contributed by atoms with E-state index in [1.54, 1.807) is 46.6 Å². The molecule has 4 rings (SSSR count). The average Bonchev–Trinajstić information content (AvgIpc) is 3.40. The van der Waals surface area contributed by atoms with Crippen molar-refractivity contribution in [3.8, 4) is 40.1 Å². The van der Waals surface area contributed by atoms with Crippen LogP contribution in [-0.4, -0.2) is 61.1 Å². The van der Waals surface area contributed by atoms with E-state index < -0.39 is 0 Å². The van der Waals surface area contributed by atoms with Crippen molar-refractivity contribution in [1.29, 1.82) is 0 Å². The molecule has 1 amide bonds. The lowest BCUT2D eigenvalue weighted by molar-refractivity contribution is -0.118. The van der Waals surface area contributed by atoms with E-state index in [0.717, 1.165) is 11.3 Å². The fourth-order valence-electron chi connectivity index (χ4n) is 3.61. The number of hydrazone groups is 1. The summed E-state index contributed by atoms with van der Waals surface area (Å²) in [7, 11) is 6.30. The molecule has 0 fully saturated rings. The van der Waals surface area contributed by atoms with E-state index in [2.05, 4.69) is 20.7 Å². The zero-order valence-corrected chi connectivity index (χ0v) is 22.2. The molecule has 0 saturated carbocycles. The number of hydrogen-bond donors (Lipinski definition) is 1. The third-order valence-electron chi connectivity index (χ3n) is 5.45. The molecule has 0 unspecified atom stereocenters. The largest absolute Gasteiger partial charge is 0.497 e. The Morgan fingerprint density at radius 2 is 1.63 bits per heavy atom. The van der Waals surface area contributed by atoms with Crippen LogP contribution in [0.4, 0.5) is 0 Å². The van der Waals surface area contributed by atoms with Gasteiger partial charge in [0.2, 0.25) is 0 Å². The van der Waals surface area contributed by atoms with E-state index in [1.807, 2.05) is 53.1 Å². The SMILES string of the molecule is COc1ccc(OC)c(/C=N\NC(=O)CSc2nnc(-c3ccc(OC)c(OC)c3)n2-c2ccccc2)c1. The van der Waals surface area contributed by atoms with Crippen LogP contribution in [-0.2, 0) is 4.79 Å². The maximum Gasteiger partial charge on any atom is 0.250 e. The molecule has 11 heteroatoms. The summed E-state index contributed by atoms with van der Waals surface area (Å²) in [5, 5.41) is 13.4. The second-order valence-corrected chi connectivity index (χ2v) is 8.68. The van der Waals surface area contributed by atoms with E-state index >= 15 is 0 Å². The van der Waals surface area contributed by atoms with Gasteiger partial charge < -0.3 is 18.9 Å². The molecule has 0 aliphatic heterocycles. The van der Waals surface area contributed by atoms with Gasteiger partial charge in [0.25, 0.3) is 5.91 Å². The van der Waals surface area contributed by atoms with Gasteiger partial charge in [-0.3, -0.25) is 9.36 Å². The molecule has 3 aromatic carbocycles. The summed E-state index contributed by atoms with van der Waals surface area (Å²) in [4.78, 5) is 12.6. The Hall–Kier alpha value is -4.51. The molecule has 0 atom stereocenters. The summed E-state index contributed by atoms with van der Waals surface area (Å²) in [5.41, 5.74) is 4.85. The molecular weight excluding hydrogens is 506 g/mol. The molecule has 10 nitrogen and oxygen atoms in total. The van der Waals surface area contributed by atoms with Crippen LogP contribution in [0.2, 0.25) is 0 Å². The predicted octanol–water partition coefficient (Wildman–Crippen LogP) is 4.21. The highest BCUT2D eigenvalue weighted by Gasteiger charge is 2.18. The highest BCUT2D eigenvalue weighted by atomic mass is 32.2. The summed E-state index contributed by atoms with van der Waals surface area (Å²) in [5.74, 6) is 2.82. The number of nitrogens with zero attached hydrogens (tertiary/aromatic N) is 4. The van der Waals surface area contributed by atoms with Crippen molar-refractivity contribution in [2.75, 3.05) is 34.2 Å². The average molecular weight is 534 g/mol. The van der Waals surface area contributed by atoms with Crippen LogP contribution in [0.25, 0.3) is 17.1 Å². The number of carbonyl (C=O) groups excluding carboxylic acids is 1. The lowest BCUT2D eigenvalue weighted by Crippen LogP contribution is -2.20. The maximum absolute atomic E-state index is 12.6. The summed E-state index contributed by atoms with van der Waals surface area (Å²) in [6.45, 7) is 0. The molecule has 0 spiro atoms. The monoisotopic (exact) mass is 533 g/mol. The first-order valence-corrected chi connectivity index (χ1v) is 12.5. The highest BCUT2D eigenvalue weighted by molar-refractivity contribution is 7.99. The second-order valence-electron chi connectivity index (χ2n) is 7.74. The Bertz CT molecular complexity index is 1420. The maximum atomic E-state index is 12.6. The molecule has 4 aromatic rings. The number of nitrogens with one attached hydrogen (secondary N) is 1. The van der Waals surface area contributed by atoms with Crippen molar-refractivity contribution in [2.45, 2.75) is 5.16 Å². The molecular formula is C27H27N5O5S. The molecule has 196 valence electrons. The molecule has 0 saturated heterocycles. The molecule has 38 heavy (non-hydrogen) atoms. The molecule has 0 bridgehead atoms. The summed E-state index contributed by atoms with van der Waals surface area (Å²) in [6, 6.07) is 20.5. The number of para-hydroxylation sites is 1. The van der Waals surface area contributed by atoms with Gasteiger partial charge in [-0.2, -0.15) is 5.10 Å². The van der Waals surface area contributed by atoms with E-state index in [1.165, 1.54) is 18.0 Å². The Morgan fingerprint density at radius 1 is 0.895 bits per heavy atom. The molecule has 0 aliphatic carbocycles. The van der Waals surface area contributed by atoms with Gasteiger partial charge >= 0.3 is 0 Å². The third kappa shape index (κ3) is 6.06.